The smallest absolute Gasteiger partial charge is 0.410 e. The van der Waals surface area contributed by atoms with Gasteiger partial charge in [0.2, 0.25) is 11.8 Å². The molecule has 9 heteroatoms. The molecule has 2 aromatic rings. The van der Waals surface area contributed by atoms with E-state index in [0.717, 1.165) is 11.1 Å². The van der Waals surface area contributed by atoms with Crippen LogP contribution in [0.5, 0.6) is 0 Å². The van der Waals surface area contributed by atoms with Crippen LogP contribution < -0.4 is 0 Å². The molecule has 3 amide bonds. The van der Waals surface area contributed by atoms with Gasteiger partial charge < -0.3 is 19.3 Å². The zero-order chi connectivity index (χ0) is 22.3. The Labute approximate surface area is 186 Å². The van der Waals surface area contributed by atoms with Crippen LogP contribution >= 0.6 is 0 Å². The van der Waals surface area contributed by atoms with Crippen molar-refractivity contribution in [2.24, 2.45) is 0 Å². The van der Waals surface area contributed by atoms with Crippen LogP contribution in [-0.4, -0.2) is 83.0 Å². The summed E-state index contributed by atoms with van der Waals surface area (Å²) in [7, 11) is 0. The first kappa shape index (κ1) is 21.8. The summed E-state index contributed by atoms with van der Waals surface area (Å²) in [5.41, 5.74) is 1.92. The van der Waals surface area contributed by atoms with Gasteiger partial charge in [0.05, 0.1) is 25.8 Å². The number of hydrogen-bond acceptors (Lipinski definition) is 6. The van der Waals surface area contributed by atoms with E-state index in [9.17, 15) is 14.4 Å². The van der Waals surface area contributed by atoms with Gasteiger partial charge in [-0.05, 0) is 17.2 Å². The van der Waals surface area contributed by atoms with Crippen molar-refractivity contribution in [3.63, 3.8) is 0 Å². The van der Waals surface area contributed by atoms with Crippen LogP contribution in [0.2, 0.25) is 0 Å². The van der Waals surface area contributed by atoms with Crippen LogP contribution in [0, 0.1) is 0 Å². The Morgan fingerprint density at radius 3 is 2.59 bits per heavy atom. The quantitative estimate of drug-likeness (QED) is 0.647. The van der Waals surface area contributed by atoms with Crippen molar-refractivity contribution in [1.82, 2.24) is 19.7 Å². The second-order valence-corrected chi connectivity index (χ2v) is 7.86. The Balaban J connectivity index is 1.47. The maximum Gasteiger partial charge on any atom is 0.410 e. The Kier molecular flexibility index (Phi) is 6.96. The van der Waals surface area contributed by atoms with Gasteiger partial charge in [-0.15, -0.1) is 0 Å². The second-order valence-electron chi connectivity index (χ2n) is 7.86. The minimum absolute atomic E-state index is 0.0623. The highest BCUT2D eigenvalue weighted by atomic mass is 16.6. The molecule has 4 rings (SSSR count). The molecule has 1 atom stereocenters. The maximum absolute atomic E-state index is 13.0. The summed E-state index contributed by atoms with van der Waals surface area (Å²) in [4.78, 5) is 46.3. The van der Waals surface area contributed by atoms with Gasteiger partial charge in [0.1, 0.15) is 13.2 Å². The zero-order valence-corrected chi connectivity index (χ0v) is 17.8. The molecule has 2 fully saturated rings. The summed E-state index contributed by atoms with van der Waals surface area (Å²) >= 11 is 0. The van der Waals surface area contributed by atoms with E-state index in [1.165, 1.54) is 9.80 Å². The third-order valence-corrected chi connectivity index (χ3v) is 5.48. The van der Waals surface area contributed by atoms with Crippen molar-refractivity contribution < 1.29 is 23.9 Å². The number of pyridine rings is 1. The molecule has 0 spiro atoms. The van der Waals surface area contributed by atoms with Crippen LogP contribution in [0.4, 0.5) is 4.79 Å². The van der Waals surface area contributed by atoms with Crippen LogP contribution in [0.15, 0.2) is 54.9 Å². The second kappa shape index (κ2) is 10.2. The molecular formula is C23H26N4O5. The summed E-state index contributed by atoms with van der Waals surface area (Å²) in [6.45, 7) is 1.85. The van der Waals surface area contributed by atoms with E-state index >= 15 is 0 Å². The summed E-state index contributed by atoms with van der Waals surface area (Å²) in [5.74, 6) is -0.467. The van der Waals surface area contributed by atoms with E-state index in [0.29, 0.717) is 26.2 Å². The molecule has 0 bridgehead atoms. The average molecular weight is 438 g/mol. The number of nitrogens with zero attached hydrogens (tertiary/aromatic N) is 4. The van der Waals surface area contributed by atoms with Crippen LogP contribution in [0.3, 0.4) is 0 Å². The van der Waals surface area contributed by atoms with E-state index in [2.05, 4.69) is 4.98 Å². The number of hydrogen-bond donors (Lipinski definition) is 0. The summed E-state index contributed by atoms with van der Waals surface area (Å²) in [6.07, 6.45) is 2.53. The molecular weight excluding hydrogens is 412 g/mol. The molecule has 0 radical (unpaired) electrons. The summed E-state index contributed by atoms with van der Waals surface area (Å²) < 4.78 is 11.0. The highest BCUT2D eigenvalue weighted by molar-refractivity contribution is 5.88. The van der Waals surface area contributed by atoms with Crippen molar-refractivity contribution in [1.29, 1.82) is 0 Å². The van der Waals surface area contributed by atoms with Gasteiger partial charge in [0.15, 0.2) is 0 Å². The lowest BCUT2D eigenvalue weighted by Crippen LogP contribution is -2.45. The van der Waals surface area contributed by atoms with Crippen molar-refractivity contribution in [3.8, 4) is 0 Å². The molecule has 0 saturated carbocycles. The van der Waals surface area contributed by atoms with Crippen molar-refractivity contribution >= 4 is 17.9 Å². The number of ether oxygens (including phenoxy) is 2. The Bertz CT molecular complexity index is 940. The fraction of sp³-hybridized carbons (Fsp3) is 0.391. The molecule has 0 N–H and O–H groups in total. The van der Waals surface area contributed by atoms with Crippen molar-refractivity contribution in [2.45, 2.75) is 19.3 Å². The van der Waals surface area contributed by atoms with Crippen LogP contribution in [0.25, 0.3) is 0 Å². The fourth-order valence-corrected chi connectivity index (χ4v) is 3.76. The first-order valence-electron chi connectivity index (χ1n) is 10.6. The number of amides is 3. The number of cyclic esters (lactones) is 1. The predicted octanol–water partition coefficient (Wildman–Crippen LogP) is 1.29. The van der Waals surface area contributed by atoms with Crippen LogP contribution in [-0.2, 0) is 32.2 Å². The van der Waals surface area contributed by atoms with E-state index < -0.39 is 6.09 Å². The van der Waals surface area contributed by atoms with Gasteiger partial charge in [0, 0.05) is 32.0 Å². The van der Waals surface area contributed by atoms with E-state index in [4.69, 9.17) is 9.47 Å². The van der Waals surface area contributed by atoms with E-state index in [1.54, 1.807) is 17.3 Å². The van der Waals surface area contributed by atoms with E-state index in [1.807, 2.05) is 42.5 Å². The lowest BCUT2D eigenvalue weighted by molar-refractivity contribution is -0.139. The van der Waals surface area contributed by atoms with E-state index in [-0.39, 0.29) is 44.2 Å². The monoisotopic (exact) mass is 438 g/mol. The van der Waals surface area contributed by atoms with Gasteiger partial charge in [-0.1, -0.05) is 36.4 Å². The molecule has 2 saturated heterocycles. The molecule has 0 aliphatic carbocycles. The van der Waals surface area contributed by atoms with Crippen molar-refractivity contribution in [2.75, 3.05) is 39.3 Å². The molecule has 168 valence electrons. The SMILES string of the molecule is O=C(CN1CCOC1=O)N1CC(=O)N(Cc2cccnc2)C[C@@H](OCc2ccccc2)C1. The summed E-state index contributed by atoms with van der Waals surface area (Å²) in [6, 6.07) is 13.5. The van der Waals surface area contributed by atoms with Crippen LogP contribution in [0.1, 0.15) is 11.1 Å². The Morgan fingerprint density at radius 1 is 1.06 bits per heavy atom. The van der Waals surface area contributed by atoms with Gasteiger partial charge in [-0.25, -0.2) is 4.79 Å². The minimum atomic E-state index is -0.505. The number of rotatable bonds is 7. The molecule has 0 unspecified atom stereocenters. The number of aromatic nitrogens is 1. The van der Waals surface area contributed by atoms with Gasteiger partial charge in [-0.2, -0.15) is 0 Å². The molecule has 2 aliphatic rings. The molecule has 9 nitrogen and oxygen atoms in total. The minimum Gasteiger partial charge on any atom is -0.448 e. The largest absolute Gasteiger partial charge is 0.448 e. The highest BCUT2D eigenvalue weighted by Crippen LogP contribution is 2.15. The number of carbonyl (C=O) groups is 3. The lowest BCUT2D eigenvalue weighted by Gasteiger charge is -2.25. The Morgan fingerprint density at radius 2 is 1.88 bits per heavy atom. The highest BCUT2D eigenvalue weighted by Gasteiger charge is 2.33. The Hall–Kier alpha value is -3.46. The predicted molar refractivity (Wildman–Crippen MR) is 114 cm³/mol. The topological polar surface area (TPSA) is 92.3 Å². The zero-order valence-electron chi connectivity index (χ0n) is 17.8. The third-order valence-electron chi connectivity index (χ3n) is 5.48. The van der Waals surface area contributed by atoms with Gasteiger partial charge in [0.25, 0.3) is 0 Å². The van der Waals surface area contributed by atoms with Crippen molar-refractivity contribution in [3.05, 3.63) is 66.0 Å². The standard InChI is InChI=1S/C23H26N4O5/c28-21(15-25-9-10-31-23(25)30)27-14-20(32-17-18-5-2-1-3-6-18)13-26(22(29)16-27)12-19-7-4-8-24-11-19/h1-8,11,20H,9-10,12-17H2/t20-/m1/s1. The first-order chi connectivity index (χ1) is 15.6. The van der Waals surface area contributed by atoms with Gasteiger partial charge >= 0.3 is 6.09 Å². The fourth-order valence-electron chi connectivity index (χ4n) is 3.76. The number of benzene rings is 1. The maximum atomic E-state index is 13.0. The first-order valence-corrected chi connectivity index (χ1v) is 10.6. The normalized spacial score (nSPS) is 19.1. The molecule has 1 aromatic carbocycles. The molecule has 1 aromatic heterocycles. The molecule has 2 aliphatic heterocycles. The number of carbonyl (C=O) groups excluding carboxylic acids is 3. The third kappa shape index (κ3) is 5.61. The summed E-state index contributed by atoms with van der Waals surface area (Å²) in [5, 5.41) is 0. The molecule has 32 heavy (non-hydrogen) atoms. The van der Waals surface area contributed by atoms with Gasteiger partial charge in [-0.3, -0.25) is 19.5 Å². The lowest BCUT2D eigenvalue weighted by atomic mass is 10.2. The average Bonchev–Trinajstić information content (AvgIpc) is 3.14. The molecule has 3 heterocycles.